The van der Waals surface area contributed by atoms with Gasteiger partial charge in [-0.2, -0.15) is 5.10 Å². The van der Waals surface area contributed by atoms with Crippen molar-refractivity contribution >= 4 is 56.7 Å². The highest BCUT2D eigenvalue weighted by molar-refractivity contribution is 14.1. The fourth-order valence-electron chi connectivity index (χ4n) is 4.38. The Hall–Kier alpha value is -3.89. The number of hydrogen-bond acceptors (Lipinski definition) is 9. The molecule has 238 valence electrons. The molecule has 14 heteroatoms. The van der Waals surface area contributed by atoms with Gasteiger partial charge in [-0.05, 0) is 84.0 Å². The van der Waals surface area contributed by atoms with Gasteiger partial charge >= 0.3 is 12.0 Å². The second-order valence-corrected chi connectivity index (χ2v) is 11.7. The molecule has 1 aliphatic heterocycles. The van der Waals surface area contributed by atoms with Crippen molar-refractivity contribution in [2.24, 2.45) is 5.10 Å². The first-order valence-electron chi connectivity index (χ1n) is 13.7. The van der Waals surface area contributed by atoms with E-state index in [2.05, 4.69) is 59.7 Å². The van der Waals surface area contributed by atoms with Crippen LogP contribution >= 0.6 is 38.5 Å². The highest BCUT2D eigenvalue weighted by Crippen LogP contribution is 2.35. The number of benzene rings is 3. The van der Waals surface area contributed by atoms with Gasteiger partial charge in [-0.15, -0.1) is 0 Å². The minimum Gasteiger partial charge on any atom is -0.490 e. The van der Waals surface area contributed by atoms with Crippen molar-refractivity contribution in [1.29, 1.82) is 0 Å². The van der Waals surface area contributed by atoms with E-state index in [-0.39, 0.29) is 24.6 Å². The quantitative estimate of drug-likeness (QED) is 0.0602. The Morgan fingerprint density at radius 3 is 2.62 bits per heavy atom. The summed E-state index contributed by atoms with van der Waals surface area (Å²) in [5.74, 6) is 0.364. The summed E-state index contributed by atoms with van der Waals surface area (Å²) >= 11 is 5.63. The highest BCUT2D eigenvalue weighted by Gasteiger charge is 2.32. The number of carbonyl (C=O) groups excluding carboxylic acids is 2. The number of esters is 1. The molecule has 0 aliphatic carbocycles. The van der Waals surface area contributed by atoms with Gasteiger partial charge < -0.3 is 34.7 Å². The van der Waals surface area contributed by atoms with E-state index in [9.17, 15) is 19.1 Å². The maximum atomic E-state index is 13.3. The first kappa shape index (κ1) is 34.0. The molecule has 0 aromatic heterocycles. The predicted molar refractivity (Wildman–Crippen MR) is 177 cm³/mol. The van der Waals surface area contributed by atoms with Crippen molar-refractivity contribution in [3.63, 3.8) is 0 Å². The number of urea groups is 1. The molecular formula is C31H31BrFIN4O7. The average Bonchev–Trinajstić information content (AvgIpc) is 3.00. The number of hydrazone groups is 1. The molecule has 2 atom stereocenters. The number of methoxy groups -OCH3 is 1. The number of carbonyl (C=O) groups is 2. The maximum absolute atomic E-state index is 13.3. The van der Waals surface area contributed by atoms with Crippen LogP contribution in [0.1, 0.15) is 36.6 Å². The summed E-state index contributed by atoms with van der Waals surface area (Å²) < 4.78 is 37.4. The lowest BCUT2D eigenvalue weighted by atomic mass is 9.95. The van der Waals surface area contributed by atoms with E-state index in [1.807, 2.05) is 12.1 Å². The fraction of sp³-hybridized carbons (Fsp3) is 0.258. The molecule has 0 fully saturated rings. The zero-order valence-corrected chi connectivity index (χ0v) is 28.3. The second kappa shape index (κ2) is 15.9. The second-order valence-electron chi connectivity index (χ2n) is 9.64. The van der Waals surface area contributed by atoms with Crippen LogP contribution in [0.5, 0.6) is 17.2 Å². The number of nitrogens with zero attached hydrogens (tertiary/aromatic N) is 1. The van der Waals surface area contributed by atoms with Crippen molar-refractivity contribution in [3.05, 3.63) is 96.4 Å². The fourth-order valence-corrected chi connectivity index (χ4v) is 6.09. The van der Waals surface area contributed by atoms with E-state index in [1.165, 1.54) is 25.5 Å². The largest absolute Gasteiger partial charge is 0.490 e. The zero-order chi connectivity index (χ0) is 32.5. The van der Waals surface area contributed by atoms with Crippen LogP contribution in [0.3, 0.4) is 0 Å². The number of allylic oxidation sites excluding steroid dienone is 1. The number of rotatable bonds is 13. The molecule has 11 nitrogen and oxygen atoms in total. The lowest BCUT2D eigenvalue weighted by molar-refractivity contribution is -0.136. The van der Waals surface area contributed by atoms with Crippen LogP contribution in [-0.2, 0) is 16.1 Å². The zero-order valence-electron chi connectivity index (χ0n) is 24.5. The predicted octanol–water partition coefficient (Wildman–Crippen LogP) is 5.29. The maximum Gasteiger partial charge on any atom is 0.337 e. The Kier molecular flexibility index (Phi) is 12.0. The Morgan fingerprint density at radius 1 is 1.16 bits per heavy atom. The van der Waals surface area contributed by atoms with Gasteiger partial charge in [-0.25, -0.2) is 14.0 Å². The van der Waals surface area contributed by atoms with Gasteiger partial charge in [0.1, 0.15) is 24.8 Å². The lowest BCUT2D eigenvalue weighted by Crippen LogP contribution is -2.45. The van der Waals surface area contributed by atoms with E-state index in [0.717, 1.165) is 13.6 Å². The number of nitrogens with one attached hydrogen (secondary N) is 3. The average molecular weight is 797 g/mol. The van der Waals surface area contributed by atoms with Crippen LogP contribution in [0.2, 0.25) is 0 Å². The Morgan fingerprint density at radius 2 is 1.91 bits per heavy atom. The number of halogens is 3. The Bertz CT molecular complexity index is 1600. The summed E-state index contributed by atoms with van der Waals surface area (Å²) in [4.78, 5) is 24.6. The summed E-state index contributed by atoms with van der Waals surface area (Å²) in [5.41, 5.74) is 5.29. The van der Waals surface area contributed by atoms with E-state index in [0.29, 0.717) is 40.7 Å². The normalized spacial score (nSPS) is 15.3. The minimum atomic E-state index is -1.19. The summed E-state index contributed by atoms with van der Waals surface area (Å²) in [5, 5.41) is 20.0. The number of hydrogen-bond donors (Lipinski definition) is 4. The molecular weight excluding hydrogens is 766 g/mol. The number of aliphatic hydroxyl groups excluding tert-OH is 1. The van der Waals surface area contributed by atoms with E-state index >= 15 is 0 Å². The molecule has 4 N–H and O–H groups in total. The molecule has 4 rings (SSSR count). The van der Waals surface area contributed by atoms with Crippen LogP contribution in [-0.4, -0.2) is 49.9 Å². The van der Waals surface area contributed by atoms with E-state index in [4.69, 9.17) is 18.9 Å². The van der Waals surface area contributed by atoms with Gasteiger partial charge in [0.25, 0.3) is 0 Å². The Balaban J connectivity index is 1.42. The number of ether oxygens (including phenoxy) is 4. The molecule has 0 saturated carbocycles. The van der Waals surface area contributed by atoms with Crippen LogP contribution < -0.4 is 30.3 Å². The molecule has 0 unspecified atom stereocenters. The Labute approximate surface area is 281 Å². The highest BCUT2D eigenvalue weighted by atomic mass is 127. The van der Waals surface area contributed by atoms with Crippen molar-refractivity contribution in [2.45, 2.75) is 32.7 Å². The lowest BCUT2D eigenvalue weighted by Gasteiger charge is -2.28. The van der Waals surface area contributed by atoms with Gasteiger partial charge in [0, 0.05) is 15.7 Å². The van der Waals surface area contributed by atoms with E-state index in [1.54, 1.807) is 44.2 Å². The molecule has 3 aromatic rings. The van der Waals surface area contributed by atoms with Gasteiger partial charge in [0.05, 0.1) is 35.1 Å². The number of aliphatic hydroxyl groups is 1. The van der Waals surface area contributed by atoms with Crippen LogP contribution in [0.25, 0.3) is 0 Å². The summed E-state index contributed by atoms with van der Waals surface area (Å²) in [6.07, 6.45) is 0.323. The third kappa shape index (κ3) is 9.08. The number of amides is 2. The molecule has 1 heterocycles. The molecule has 0 saturated heterocycles. The third-order valence-electron chi connectivity index (χ3n) is 6.43. The summed E-state index contributed by atoms with van der Waals surface area (Å²) in [6, 6.07) is 13.5. The molecule has 0 bridgehead atoms. The molecule has 2 amide bonds. The molecule has 3 aromatic carbocycles. The first-order valence-corrected chi connectivity index (χ1v) is 15.6. The van der Waals surface area contributed by atoms with Gasteiger partial charge in [0.2, 0.25) is 0 Å². The summed E-state index contributed by atoms with van der Waals surface area (Å²) in [6.45, 7) is 3.79. The van der Waals surface area contributed by atoms with Crippen molar-refractivity contribution < 1.29 is 38.0 Å². The van der Waals surface area contributed by atoms with E-state index < -0.39 is 24.3 Å². The van der Waals surface area contributed by atoms with Crippen molar-refractivity contribution in [2.75, 3.05) is 20.3 Å². The smallest absolute Gasteiger partial charge is 0.337 e. The van der Waals surface area contributed by atoms with Crippen LogP contribution in [0.15, 0.2) is 75.4 Å². The van der Waals surface area contributed by atoms with Gasteiger partial charge in [-0.3, -0.25) is 5.43 Å². The standard InChI is InChI=1S/C31H31BrFIN4O7/c1-4-43-25-12-19(28-27(30(40)42-3)17(2)36-31(41)37-28)7-10-24(25)44-16-26(39)38-35-14-20-11-21(32)13-23(34)29(20)45-15-18-5-8-22(33)9-6-18/h5-14,26,28,38-39H,4,15-16H2,1-3H3,(H2,36,37,41)/b35-14+/t26-,28-/m0/s1. The molecule has 0 radical (unpaired) electrons. The topological polar surface area (TPSA) is 140 Å². The third-order valence-corrected chi connectivity index (χ3v) is 7.69. The van der Waals surface area contributed by atoms with Crippen LogP contribution in [0.4, 0.5) is 9.18 Å². The molecule has 0 spiro atoms. The van der Waals surface area contributed by atoms with Crippen molar-refractivity contribution in [1.82, 2.24) is 16.1 Å². The molecule has 1 aliphatic rings. The molecule has 45 heavy (non-hydrogen) atoms. The summed E-state index contributed by atoms with van der Waals surface area (Å²) in [7, 11) is 1.27. The van der Waals surface area contributed by atoms with Crippen molar-refractivity contribution in [3.8, 4) is 17.2 Å². The van der Waals surface area contributed by atoms with Gasteiger partial charge in [0.15, 0.2) is 17.7 Å². The SMILES string of the molecule is CCOc1cc([C@@H]2NC(=O)NC(C)=C2C(=O)OC)ccc1OC[C@H](O)N/N=C/c1cc(Br)cc(I)c1OCc1ccc(F)cc1. The first-order chi connectivity index (χ1) is 21.6. The van der Waals surface area contributed by atoms with Crippen LogP contribution in [0, 0.1) is 9.39 Å². The van der Waals surface area contributed by atoms with Gasteiger partial charge in [-0.1, -0.05) is 34.1 Å². The minimum absolute atomic E-state index is 0.183. The monoisotopic (exact) mass is 796 g/mol.